The second-order valence-corrected chi connectivity index (χ2v) is 16.4. The first-order valence-electron chi connectivity index (χ1n) is 14.3. The standard InChI is InChI=1S/C33H37BrN2O6S2/c1-32(2)26-9-6-7-10-27(26)35(5)29(32)17-12-23(34)13-18-30-33(3,4)31-25-15-14-24(44(40,41)42)21-22(25)11-16-28(31)36(30)19-8-20-43(37,38)39/h6-7,9-18,21,30H,8,19-20H2,1-5H3,(H,37,38,39)(H,40,41,42)/b18-13+,23-12-,29-17-. The van der Waals surface area contributed by atoms with E-state index in [9.17, 15) is 25.9 Å². The predicted octanol–water partition coefficient (Wildman–Crippen LogP) is 6.98. The van der Waals surface area contributed by atoms with Crippen molar-refractivity contribution in [3.05, 3.63) is 100 Å². The fraction of sp³-hybridized carbons (Fsp3) is 0.333. The van der Waals surface area contributed by atoms with Crippen LogP contribution in [0, 0.1) is 0 Å². The second-order valence-electron chi connectivity index (χ2n) is 12.5. The Kier molecular flexibility index (Phi) is 8.43. The van der Waals surface area contributed by atoms with Crippen molar-refractivity contribution in [2.45, 2.75) is 55.9 Å². The molecule has 0 saturated carbocycles. The molecule has 44 heavy (non-hydrogen) atoms. The van der Waals surface area contributed by atoms with Crippen LogP contribution in [0.5, 0.6) is 0 Å². The zero-order valence-electron chi connectivity index (χ0n) is 25.3. The van der Waals surface area contributed by atoms with E-state index in [1.165, 1.54) is 29.1 Å². The molecular formula is C33H37BrN2O6S2. The summed E-state index contributed by atoms with van der Waals surface area (Å²) in [5, 5.41) is 1.52. The number of hydrogen-bond donors (Lipinski definition) is 2. The van der Waals surface area contributed by atoms with Crippen molar-refractivity contribution in [1.29, 1.82) is 0 Å². The van der Waals surface area contributed by atoms with Gasteiger partial charge in [-0.15, -0.1) is 0 Å². The number of nitrogens with zero attached hydrogens (tertiary/aromatic N) is 2. The van der Waals surface area contributed by atoms with Gasteiger partial charge in [0.15, 0.2) is 0 Å². The Hall–Kier alpha value is -2.96. The molecule has 2 aliphatic rings. The summed E-state index contributed by atoms with van der Waals surface area (Å²) in [5.41, 5.74) is 4.90. The molecular weight excluding hydrogens is 664 g/mol. The topological polar surface area (TPSA) is 115 Å². The van der Waals surface area contributed by atoms with Gasteiger partial charge in [-0.05, 0) is 70.8 Å². The van der Waals surface area contributed by atoms with Crippen molar-refractivity contribution in [3.63, 3.8) is 0 Å². The lowest BCUT2D eigenvalue weighted by atomic mass is 9.78. The number of anilines is 2. The van der Waals surface area contributed by atoms with E-state index in [-0.39, 0.29) is 28.5 Å². The minimum Gasteiger partial charge on any atom is -0.364 e. The van der Waals surface area contributed by atoms with E-state index >= 15 is 0 Å². The largest absolute Gasteiger partial charge is 0.364 e. The average molecular weight is 702 g/mol. The van der Waals surface area contributed by atoms with Crippen LogP contribution in [-0.4, -0.2) is 51.3 Å². The van der Waals surface area contributed by atoms with Crippen LogP contribution in [0.25, 0.3) is 10.8 Å². The van der Waals surface area contributed by atoms with Crippen LogP contribution in [-0.2, 0) is 31.1 Å². The highest BCUT2D eigenvalue weighted by Crippen LogP contribution is 2.50. The normalized spacial score (nSPS) is 20.6. The number of likely N-dealkylation sites (N-methyl/N-ethyl adjacent to an activating group) is 1. The molecule has 234 valence electrons. The first-order chi connectivity index (χ1) is 20.4. The van der Waals surface area contributed by atoms with Crippen molar-refractivity contribution in [3.8, 4) is 0 Å². The van der Waals surface area contributed by atoms with Crippen LogP contribution in [0.2, 0.25) is 0 Å². The van der Waals surface area contributed by atoms with Gasteiger partial charge in [0.05, 0.1) is 16.7 Å². The summed E-state index contributed by atoms with van der Waals surface area (Å²) in [6, 6.07) is 16.5. The summed E-state index contributed by atoms with van der Waals surface area (Å²) < 4.78 is 66.4. The van der Waals surface area contributed by atoms with Gasteiger partial charge in [0.25, 0.3) is 20.2 Å². The molecule has 1 unspecified atom stereocenters. The maximum Gasteiger partial charge on any atom is 0.294 e. The first-order valence-corrected chi connectivity index (χ1v) is 18.1. The Bertz CT molecular complexity index is 1950. The molecule has 8 nitrogen and oxygen atoms in total. The fourth-order valence-electron chi connectivity index (χ4n) is 6.78. The molecule has 0 aliphatic carbocycles. The third kappa shape index (κ3) is 6.00. The third-order valence-corrected chi connectivity index (χ3v) is 11.1. The van der Waals surface area contributed by atoms with Crippen LogP contribution < -0.4 is 9.80 Å². The van der Waals surface area contributed by atoms with Crippen molar-refractivity contribution in [1.82, 2.24) is 0 Å². The van der Waals surface area contributed by atoms with Crippen molar-refractivity contribution < 1.29 is 25.9 Å². The average Bonchev–Trinajstić information content (AvgIpc) is 3.27. The van der Waals surface area contributed by atoms with Crippen LogP contribution in [0.3, 0.4) is 0 Å². The predicted molar refractivity (Wildman–Crippen MR) is 181 cm³/mol. The first kappa shape index (κ1) is 32.4. The quantitative estimate of drug-likeness (QED) is 0.191. The number of hydrogen-bond acceptors (Lipinski definition) is 6. The molecule has 2 aliphatic heterocycles. The van der Waals surface area contributed by atoms with E-state index in [1.54, 1.807) is 12.1 Å². The van der Waals surface area contributed by atoms with Gasteiger partial charge in [-0.25, -0.2) is 0 Å². The minimum absolute atomic E-state index is 0.159. The minimum atomic E-state index is -4.36. The van der Waals surface area contributed by atoms with Crippen molar-refractivity contribution >= 4 is 58.3 Å². The third-order valence-electron chi connectivity index (χ3n) is 8.88. The highest BCUT2D eigenvalue weighted by molar-refractivity contribution is 9.11. The van der Waals surface area contributed by atoms with Crippen LogP contribution in [0.15, 0.2) is 94.0 Å². The zero-order valence-corrected chi connectivity index (χ0v) is 28.5. The van der Waals surface area contributed by atoms with E-state index in [2.05, 4.69) is 90.8 Å². The van der Waals surface area contributed by atoms with Crippen LogP contribution in [0.4, 0.5) is 11.4 Å². The van der Waals surface area contributed by atoms with E-state index in [0.717, 1.165) is 21.1 Å². The Labute approximate surface area is 268 Å². The summed E-state index contributed by atoms with van der Waals surface area (Å²) >= 11 is 3.72. The Balaban J connectivity index is 1.51. The molecule has 0 bridgehead atoms. The molecule has 0 aromatic heterocycles. The van der Waals surface area contributed by atoms with Gasteiger partial charge in [0, 0.05) is 46.0 Å². The molecule has 1 atom stereocenters. The smallest absolute Gasteiger partial charge is 0.294 e. The zero-order chi connectivity index (χ0) is 32.2. The Morgan fingerprint density at radius 1 is 0.977 bits per heavy atom. The summed E-state index contributed by atoms with van der Waals surface area (Å²) in [7, 11) is -6.41. The molecule has 0 spiro atoms. The number of allylic oxidation sites excluding steroid dienone is 5. The van der Waals surface area contributed by atoms with Gasteiger partial charge >= 0.3 is 0 Å². The molecule has 0 amide bonds. The number of benzene rings is 3. The molecule has 0 radical (unpaired) electrons. The molecule has 5 rings (SSSR count). The number of para-hydroxylation sites is 1. The molecule has 0 saturated heterocycles. The van der Waals surface area contributed by atoms with Crippen LogP contribution in [0.1, 0.15) is 45.2 Å². The lowest BCUT2D eigenvalue weighted by molar-refractivity contribution is 0.468. The van der Waals surface area contributed by atoms with Gasteiger partial charge in [0.1, 0.15) is 0 Å². The summed E-state index contributed by atoms with van der Waals surface area (Å²) in [4.78, 5) is 4.17. The van der Waals surface area contributed by atoms with E-state index in [0.29, 0.717) is 11.9 Å². The lowest BCUT2D eigenvalue weighted by Gasteiger charge is -2.32. The van der Waals surface area contributed by atoms with Crippen molar-refractivity contribution in [2.75, 3.05) is 29.1 Å². The Morgan fingerprint density at radius 2 is 1.68 bits per heavy atom. The maximum absolute atomic E-state index is 11.8. The SMILES string of the molecule is CN1\C(=C/C=C(Br)/C=C/C2N(CCCS(=O)(=O)O)c3ccc4cc(S(=O)(=O)O)ccc4c3C2(C)C)C(C)(C)c2ccccc21. The van der Waals surface area contributed by atoms with E-state index in [4.69, 9.17) is 0 Å². The molecule has 3 aromatic rings. The molecule has 2 heterocycles. The monoisotopic (exact) mass is 700 g/mol. The molecule has 11 heteroatoms. The van der Waals surface area contributed by atoms with Gasteiger partial charge in [-0.2, -0.15) is 16.8 Å². The number of fused-ring (bicyclic) bond motifs is 4. The number of rotatable bonds is 8. The van der Waals surface area contributed by atoms with Gasteiger partial charge in [-0.1, -0.05) is 80.0 Å². The Morgan fingerprint density at radius 3 is 2.34 bits per heavy atom. The van der Waals surface area contributed by atoms with Crippen LogP contribution >= 0.6 is 15.9 Å². The summed E-state index contributed by atoms with van der Waals surface area (Å²) in [6.07, 6.45) is 8.46. The molecule has 0 fully saturated rings. The fourth-order valence-corrected chi connectivity index (χ4v) is 8.08. The van der Waals surface area contributed by atoms with E-state index < -0.39 is 25.7 Å². The second kappa shape index (κ2) is 11.4. The molecule has 3 aromatic carbocycles. The van der Waals surface area contributed by atoms with Gasteiger partial charge < -0.3 is 9.80 Å². The van der Waals surface area contributed by atoms with Gasteiger partial charge in [-0.3, -0.25) is 9.11 Å². The summed E-state index contributed by atoms with van der Waals surface area (Å²) in [6.45, 7) is 9.01. The molecule has 2 N–H and O–H groups in total. The van der Waals surface area contributed by atoms with Gasteiger partial charge in [0.2, 0.25) is 0 Å². The highest BCUT2D eigenvalue weighted by Gasteiger charge is 2.44. The number of halogens is 1. The van der Waals surface area contributed by atoms with E-state index in [1.807, 2.05) is 24.3 Å². The highest BCUT2D eigenvalue weighted by atomic mass is 79.9. The summed E-state index contributed by atoms with van der Waals surface area (Å²) in [5.74, 6) is -0.357. The van der Waals surface area contributed by atoms with Crippen molar-refractivity contribution in [2.24, 2.45) is 0 Å². The lowest BCUT2D eigenvalue weighted by Crippen LogP contribution is -2.41. The maximum atomic E-state index is 11.8.